The third-order valence-electron chi connectivity index (χ3n) is 4.08. The number of aromatic nitrogens is 2. The van der Waals surface area contributed by atoms with Crippen LogP contribution in [0.1, 0.15) is 12.8 Å². The van der Waals surface area contributed by atoms with Gasteiger partial charge >= 0.3 is 5.97 Å². The van der Waals surface area contributed by atoms with Crippen molar-refractivity contribution in [2.75, 3.05) is 20.2 Å². The maximum absolute atomic E-state index is 11.6. The van der Waals surface area contributed by atoms with E-state index in [1.54, 1.807) is 4.68 Å². The van der Waals surface area contributed by atoms with E-state index in [0.29, 0.717) is 17.4 Å². The number of rotatable bonds is 4. The van der Waals surface area contributed by atoms with Crippen molar-refractivity contribution in [2.24, 2.45) is 5.92 Å². The number of methoxy groups -OCH3 is 1. The molecule has 0 radical (unpaired) electrons. The molecule has 1 aromatic heterocycles. The summed E-state index contributed by atoms with van der Waals surface area (Å²) >= 11 is 5.26. The number of carbonyl (C=O) groups excluding carboxylic acids is 1. The third-order valence-corrected chi connectivity index (χ3v) is 4.38. The Morgan fingerprint density at radius 2 is 2.04 bits per heavy atom. The summed E-state index contributed by atoms with van der Waals surface area (Å²) in [4.78, 5) is 14.1. The highest BCUT2D eigenvalue weighted by atomic mass is 32.1. The highest BCUT2D eigenvalue weighted by Gasteiger charge is 2.26. The Bertz CT molecular complexity index is 718. The van der Waals surface area contributed by atoms with E-state index >= 15 is 0 Å². The van der Waals surface area contributed by atoms with Crippen molar-refractivity contribution in [1.29, 1.82) is 0 Å². The van der Waals surface area contributed by atoms with Crippen LogP contribution in [0.25, 0.3) is 11.5 Å². The van der Waals surface area contributed by atoms with E-state index in [-0.39, 0.29) is 11.9 Å². The van der Waals surface area contributed by atoms with Crippen LogP contribution in [-0.2, 0) is 16.2 Å². The topological polar surface area (TPSA) is 60.5 Å². The van der Waals surface area contributed by atoms with Gasteiger partial charge in [0, 0.05) is 18.7 Å². The number of benzene rings is 1. The minimum Gasteiger partial charge on any atom is -0.469 e. The summed E-state index contributed by atoms with van der Waals surface area (Å²) in [5, 5.41) is 4.46. The molecule has 23 heavy (non-hydrogen) atoms. The van der Waals surface area contributed by atoms with Gasteiger partial charge in [0.15, 0.2) is 0 Å². The molecular formula is C16H19N3O3S. The van der Waals surface area contributed by atoms with Crippen molar-refractivity contribution in [3.63, 3.8) is 0 Å². The first-order valence-corrected chi connectivity index (χ1v) is 8.02. The molecule has 122 valence electrons. The largest absolute Gasteiger partial charge is 0.469 e. The van der Waals surface area contributed by atoms with Gasteiger partial charge in [0.05, 0.1) is 19.7 Å². The first kappa shape index (κ1) is 15.9. The van der Waals surface area contributed by atoms with Crippen molar-refractivity contribution < 1.29 is 13.9 Å². The van der Waals surface area contributed by atoms with E-state index in [2.05, 4.69) is 10.00 Å². The number of likely N-dealkylation sites (tertiary alicyclic amines) is 1. The van der Waals surface area contributed by atoms with E-state index in [9.17, 15) is 4.79 Å². The van der Waals surface area contributed by atoms with E-state index in [4.69, 9.17) is 21.4 Å². The third kappa shape index (κ3) is 3.68. The molecule has 0 aliphatic carbocycles. The molecule has 0 spiro atoms. The summed E-state index contributed by atoms with van der Waals surface area (Å²) in [7, 11) is 1.44. The summed E-state index contributed by atoms with van der Waals surface area (Å²) in [6.45, 7) is 2.20. The van der Waals surface area contributed by atoms with Gasteiger partial charge in [0.25, 0.3) is 4.84 Å². The molecule has 1 aliphatic rings. The minimum absolute atomic E-state index is 0.00131. The van der Waals surface area contributed by atoms with Crippen LogP contribution in [0.3, 0.4) is 0 Å². The van der Waals surface area contributed by atoms with Crippen LogP contribution in [0.4, 0.5) is 0 Å². The SMILES string of the molecule is COC(=O)C1CCN(Cn2nc(-c3ccccc3)oc2=S)CC1. The Kier molecular flexibility index (Phi) is 4.88. The molecule has 0 atom stereocenters. The molecule has 0 bridgehead atoms. The monoisotopic (exact) mass is 333 g/mol. The van der Waals surface area contributed by atoms with Gasteiger partial charge in [-0.15, -0.1) is 5.10 Å². The lowest BCUT2D eigenvalue weighted by atomic mass is 9.97. The smallest absolute Gasteiger partial charge is 0.308 e. The van der Waals surface area contributed by atoms with E-state index < -0.39 is 0 Å². The first-order chi connectivity index (χ1) is 11.2. The molecule has 0 amide bonds. The van der Waals surface area contributed by atoms with Crippen LogP contribution < -0.4 is 0 Å². The standard InChI is InChI=1S/C16H19N3O3S/c1-21-15(20)13-7-9-18(10-8-13)11-19-16(23)22-14(17-19)12-5-3-2-4-6-12/h2-6,13H,7-11H2,1H3. The van der Waals surface area contributed by atoms with Gasteiger partial charge in [-0.05, 0) is 37.2 Å². The van der Waals surface area contributed by atoms with Gasteiger partial charge in [0.2, 0.25) is 5.89 Å². The fourth-order valence-corrected chi connectivity index (χ4v) is 2.94. The molecule has 2 heterocycles. The number of hydrogen-bond donors (Lipinski definition) is 0. The molecular weight excluding hydrogens is 314 g/mol. The minimum atomic E-state index is -0.117. The van der Waals surface area contributed by atoms with Crippen LogP contribution in [0.2, 0.25) is 0 Å². The second-order valence-electron chi connectivity index (χ2n) is 5.60. The molecule has 0 saturated carbocycles. The molecule has 0 N–H and O–H groups in total. The van der Waals surface area contributed by atoms with Crippen LogP contribution in [0.5, 0.6) is 0 Å². The molecule has 1 aliphatic heterocycles. The molecule has 1 saturated heterocycles. The lowest BCUT2D eigenvalue weighted by Gasteiger charge is -2.29. The van der Waals surface area contributed by atoms with Gasteiger partial charge in [-0.2, -0.15) is 0 Å². The molecule has 7 heteroatoms. The molecule has 6 nitrogen and oxygen atoms in total. The molecule has 1 fully saturated rings. The number of piperidine rings is 1. The van der Waals surface area contributed by atoms with E-state index in [1.165, 1.54) is 7.11 Å². The highest BCUT2D eigenvalue weighted by Crippen LogP contribution is 2.20. The van der Waals surface area contributed by atoms with Gasteiger partial charge in [0.1, 0.15) is 0 Å². The Hall–Kier alpha value is -1.99. The average Bonchev–Trinajstić information content (AvgIpc) is 2.96. The van der Waals surface area contributed by atoms with Crippen LogP contribution >= 0.6 is 12.2 Å². The zero-order chi connectivity index (χ0) is 16.2. The number of nitrogens with zero attached hydrogens (tertiary/aromatic N) is 3. The number of ether oxygens (including phenoxy) is 1. The number of carbonyl (C=O) groups is 1. The fraction of sp³-hybridized carbons (Fsp3) is 0.438. The molecule has 0 unspecified atom stereocenters. The molecule has 2 aromatic rings. The Morgan fingerprint density at radius 3 is 2.70 bits per heavy atom. The summed E-state index contributed by atoms with van der Waals surface area (Å²) in [5.74, 6) is 0.413. The van der Waals surface area contributed by atoms with Gasteiger partial charge in [-0.25, -0.2) is 4.68 Å². The maximum Gasteiger partial charge on any atom is 0.308 e. The first-order valence-electron chi connectivity index (χ1n) is 7.61. The molecule has 3 rings (SSSR count). The average molecular weight is 333 g/mol. The number of hydrogen-bond acceptors (Lipinski definition) is 6. The summed E-state index contributed by atoms with van der Waals surface area (Å²) in [6.07, 6.45) is 1.59. The van der Waals surface area contributed by atoms with Crippen LogP contribution in [0.15, 0.2) is 34.7 Å². The zero-order valence-corrected chi connectivity index (χ0v) is 13.8. The Morgan fingerprint density at radius 1 is 1.35 bits per heavy atom. The summed E-state index contributed by atoms with van der Waals surface area (Å²) in [6, 6.07) is 9.69. The Balaban J connectivity index is 1.65. The lowest BCUT2D eigenvalue weighted by molar-refractivity contribution is -0.147. The van der Waals surface area contributed by atoms with Crippen molar-refractivity contribution in [3.8, 4) is 11.5 Å². The lowest BCUT2D eigenvalue weighted by Crippen LogP contribution is -2.38. The summed E-state index contributed by atoms with van der Waals surface area (Å²) < 4.78 is 12.1. The predicted molar refractivity (Wildman–Crippen MR) is 87.1 cm³/mol. The summed E-state index contributed by atoms with van der Waals surface area (Å²) in [5.41, 5.74) is 0.904. The highest BCUT2D eigenvalue weighted by molar-refractivity contribution is 7.71. The van der Waals surface area contributed by atoms with Crippen LogP contribution in [0, 0.1) is 10.8 Å². The van der Waals surface area contributed by atoms with Crippen LogP contribution in [-0.4, -0.2) is 40.8 Å². The van der Waals surface area contributed by atoms with Crippen molar-refractivity contribution >= 4 is 18.2 Å². The normalized spacial score (nSPS) is 16.4. The maximum atomic E-state index is 11.6. The zero-order valence-electron chi connectivity index (χ0n) is 13.0. The van der Waals surface area contributed by atoms with Gasteiger partial charge < -0.3 is 9.15 Å². The molecule has 1 aromatic carbocycles. The second-order valence-corrected chi connectivity index (χ2v) is 5.94. The van der Waals surface area contributed by atoms with Gasteiger partial charge in [-0.3, -0.25) is 9.69 Å². The second kappa shape index (κ2) is 7.06. The Labute approximate surface area is 139 Å². The quantitative estimate of drug-likeness (QED) is 0.633. The predicted octanol–water partition coefficient (Wildman–Crippen LogP) is 2.72. The van der Waals surface area contributed by atoms with E-state index in [0.717, 1.165) is 31.5 Å². The number of esters is 1. The van der Waals surface area contributed by atoms with Crippen molar-refractivity contribution in [1.82, 2.24) is 14.7 Å². The van der Waals surface area contributed by atoms with E-state index in [1.807, 2.05) is 30.3 Å². The van der Waals surface area contributed by atoms with Crippen molar-refractivity contribution in [2.45, 2.75) is 19.5 Å². The van der Waals surface area contributed by atoms with Crippen molar-refractivity contribution in [3.05, 3.63) is 35.2 Å². The van der Waals surface area contributed by atoms with Gasteiger partial charge in [-0.1, -0.05) is 18.2 Å². The fourth-order valence-electron chi connectivity index (χ4n) is 2.76.